The highest BCUT2D eigenvalue weighted by Crippen LogP contribution is 2.33. The molecule has 154 valence electrons. The van der Waals surface area contributed by atoms with Crippen LogP contribution in [0.1, 0.15) is 40.7 Å². The van der Waals surface area contributed by atoms with Crippen molar-refractivity contribution >= 4 is 22.6 Å². The summed E-state index contributed by atoms with van der Waals surface area (Å²) >= 11 is 0. The number of hydrogen-bond acceptors (Lipinski definition) is 3. The topological polar surface area (TPSA) is 77.8 Å². The third-order valence-corrected chi connectivity index (χ3v) is 5.99. The lowest BCUT2D eigenvalue weighted by atomic mass is 9.84. The van der Waals surface area contributed by atoms with Crippen LogP contribution in [0, 0.1) is 0 Å². The minimum absolute atomic E-state index is 0.00757. The fourth-order valence-electron chi connectivity index (χ4n) is 4.11. The first-order valence-electron chi connectivity index (χ1n) is 10.3. The molecule has 5 nitrogen and oxygen atoms in total. The van der Waals surface area contributed by atoms with Gasteiger partial charge in [-0.25, -0.2) is 0 Å². The molecule has 3 aromatic rings. The second-order valence-electron chi connectivity index (χ2n) is 7.98. The van der Waals surface area contributed by atoms with Crippen LogP contribution in [0.25, 0.3) is 10.8 Å². The molecule has 2 N–H and O–H groups in total. The lowest BCUT2D eigenvalue weighted by molar-refractivity contribution is -0.136. The number of rotatable bonds is 5. The van der Waals surface area contributed by atoms with Gasteiger partial charge in [0, 0.05) is 25.1 Å². The molecule has 0 spiro atoms. The lowest BCUT2D eigenvalue weighted by Crippen LogP contribution is -2.45. The molecule has 1 saturated heterocycles. The Morgan fingerprint density at radius 3 is 2.23 bits per heavy atom. The first kappa shape index (κ1) is 20.1. The molecule has 0 atom stereocenters. The monoisotopic (exact) mass is 403 g/mol. The Bertz CT molecular complexity index is 1070. The van der Waals surface area contributed by atoms with Crippen molar-refractivity contribution in [1.82, 2.24) is 4.90 Å². The maximum Gasteiger partial charge on any atom is 0.303 e. The van der Waals surface area contributed by atoms with Crippen LogP contribution < -0.4 is 0 Å². The molecule has 1 aliphatic rings. The Morgan fingerprint density at radius 2 is 1.57 bits per heavy atom. The first-order valence-corrected chi connectivity index (χ1v) is 10.3. The summed E-state index contributed by atoms with van der Waals surface area (Å²) in [4.78, 5) is 25.5. The Morgan fingerprint density at radius 1 is 0.900 bits per heavy atom. The largest absolute Gasteiger partial charge is 0.481 e. The summed E-state index contributed by atoms with van der Waals surface area (Å²) in [6.45, 7) is 0.978. The molecular weight excluding hydrogens is 378 g/mol. The fraction of sp³-hybridized carbons (Fsp3) is 0.280. The third-order valence-electron chi connectivity index (χ3n) is 5.99. The number of hydrogen-bond donors (Lipinski definition) is 2. The van der Waals surface area contributed by atoms with E-state index in [1.807, 2.05) is 66.7 Å². The maximum atomic E-state index is 13.0. The van der Waals surface area contributed by atoms with Crippen LogP contribution in [0.15, 0.2) is 66.7 Å². The summed E-state index contributed by atoms with van der Waals surface area (Å²) in [6, 6.07) is 21.2. The quantitative estimate of drug-likeness (QED) is 0.675. The molecule has 5 heteroatoms. The minimum atomic E-state index is -0.967. The van der Waals surface area contributed by atoms with E-state index < -0.39 is 11.6 Å². The highest BCUT2D eigenvalue weighted by molar-refractivity contribution is 5.98. The molecule has 0 aromatic heterocycles. The number of piperidine rings is 1. The predicted octanol–water partition coefficient (Wildman–Crippen LogP) is 3.98. The summed E-state index contributed by atoms with van der Waals surface area (Å²) in [7, 11) is 0. The third kappa shape index (κ3) is 4.21. The smallest absolute Gasteiger partial charge is 0.303 e. The van der Waals surface area contributed by atoms with Gasteiger partial charge in [-0.2, -0.15) is 0 Å². The van der Waals surface area contributed by atoms with Crippen molar-refractivity contribution in [2.75, 3.05) is 13.1 Å². The number of carbonyl (C=O) groups is 2. The van der Waals surface area contributed by atoms with E-state index in [0.717, 1.165) is 21.9 Å². The van der Waals surface area contributed by atoms with Crippen LogP contribution >= 0.6 is 0 Å². The van der Waals surface area contributed by atoms with Gasteiger partial charge in [-0.1, -0.05) is 54.6 Å². The van der Waals surface area contributed by atoms with E-state index in [0.29, 0.717) is 37.9 Å². The van der Waals surface area contributed by atoms with E-state index in [1.54, 1.807) is 4.90 Å². The molecule has 0 saturated carbocycles. The number of nitrogens with zero attached hydrogens (tertiary/aromatic N) is 1. The van der Waals surface area contributed by atoms with Gasteiger partial charge < -0.3 is 15.1 Å². The molecule has 0 aliphatic carbocycles. The van der Waals surface area contributed by atoms with Gasteiger partial charge in [-0.15, -0.1) is 0 Å². The molecule has 1 amide bonds. The summed E-state index contributed by atoms with van der Waals surface area (Å²) in [5.41, 5.74) is 1.46. The number of amides is 1. The van der Waals surface area contributed by atoms with Crippen LogP contribution in [0.5, 0.6) is 0 Å². The highest BCUT2D eigenvalue weighted by Gasteiger charge is 2.35. The van der Waals surface area contributed by atoms with Crippen LogP contribution in [-0.2, 0) is 16.8 Å². The van der Waals surface area contributed by atoms with Gasteiger partial charge in [0.2, 0.25) is 0 Å². The second kappa shape index (κ2) is 8.28. The normalized spacial score (nSPS) is 15.8. The lowest BCUT2D eigenvalue weighted by Gasteiger charge is -2.38. The molecule has 4 rings (SSSR count). The number of fused-ring (bicyclic) bond motifs is 1. The average Bonchev–Trinajstić information content (AvgIpc) is 2.77. The van der Waals surface area contributed by atoms with Gasteiger partial charge in [-0.3, -0.25) is 9.59 Å². The van der Waals surface area contributed by atoms with E-state index in [2.05, 4.69) is 0 Å². The van der Waals surface area contributed by atoms with Crippen LogP contribution in [0.3, 0.4) is 0 Å². The van der Waals surface area contributed by atoms with E-state index in [1.165, 1.54) is 0 Å². The van der Waals surface area contributed by atoms with Crippen LogP contribution in [0.4, 0.5) is 0 Å². The summed E-state index contributed by atoms with van der Waals surface area (Å²) in [5, 5.41) is 22.1. The van der Waals surface area contributed by atoms with Crippen LogP contribution in [0.2, 0.25) is 0 Å². The van der Waals surface area contributed by atoms with Crippen molar-refractivity contribution in [3.63, 3.8) is 0 Å². The zero-order valence-electron chi connectivity index (χ0n) is 16.8. The van der Waals surface area contributed by atoms with Gasteiger partial charge >= 0.3 is 5.97 Å². The highest BCUT2D eigenvalue weighted by atomic mass is 16.4. The van der Waals surface area contributed by atoms with Crippen molar-refractivity contribution in [3.05, 3.63) is 83.4 Å². The van der Waals surface area contributed by atoms with Crippen molar-refractivity contribution in [1.29, 1.82) is 0 Å². The fourth-order valence-corrected chi connectivity index (χ4v) is 4.11. The standard InChI is InChI=1S/C25H25NO4/c27-23(28)12-7-18-5-10-22(11-6-18)25(30)13-15-26(16-14-25)24(29)21-9-8-19-3-1-2-4-20(19)17-21/h1-6,8-11,17,30H,7,12-16H2,(H,27,28). The Labute approximate surface area is 175 Å². The molecule has 0 bridgehead atoms. The molecular formula is C25H25NO4. The molecule has 1 heterocycles. The summed E-state index contributed by atoms with van der Waals surface area (Å²) in [6.07, 6.45) is 1.51. The maximum absolute atomic E-state index is 13.0. The molecule has 3 aromatic carbocycles. The van der Waals surface area contributed by atoms with Gasteiger partial charge in [0.15, 0.2) is 0 Å². The first-order chi connectivity index (χ1) is 14.4. The van der Waals surface area contributed by atoms with E-state index in [-0.39, 0.29) is 12.3 Å². The Hall–Kier alpha value is -3.18. The van der Waals surface area contributed by atoms with Gasteiger partial charge in [0.1, 0.15) is 0 Å². The average molecular weight is 403 g/mol. The number of carbonyl (C=O) groups excluding carboxylic acids is 1. The summed E-state index contributed by atoms with van der Waals surface area (Å²) < 4.78 is 0. The molecule has 1 fully saturated rings. The number of carboxylic acids is 1. The summed E-state index contributed by atoms with van der Waals surface area (Å²) in [5.74, 6) is -0.826. The Kier molecular flexibility index (Phi) is 5.55. The van der Waals surface area contributed by atoms with Crippen molar-refractivity contribution < 1.29 is 19.8 Å². The van der Waals surface area contributed by atoms with E-state index in [4.69, 9.17) is 5.11 Å². The van der Waals surface area contributed by atoms with Crippen molar-refractivity contribution in [2.24, 2.45) is 0 Å². The number of aliphatic hydroxyl groups is 1. The number of likely N-dealkylation sites (tertiary alicyclic amines) is 1. The van der Waals surface area contributed by atoms with Gasteiger partial charge in [-0.05, 0) is 53.3 Å². The van der Waals surface area contributed by atoms with Crippen molar-refractivity contribution in [2.45, 2.75) is 31.3 Å². The number of carboxylic acid groups (broad SMARTS) is 1. The molecule has 30 heavy (non-hydrogen) atoms. The second-order valence-corrected chi connectivity index (χ2v) is 7.98. The number of aliphatic carboxylic acids is 1. The number of benzene rings is 3. The molecule has 1 aliphatic heterocycles. The minimum Gasteiger partial charge on any atom is -0.481 e. The molecule has 0 unspecified atom stereocenters. The predicted molar refractivity (Wildman–Crippen MR) is 115 cm³/mol. The van der Waals surface area contributed by atoms with Gasteiger partial charge in [0.25, 0.3) is 5.91 Å². The van der Waals surface area contributed by atoms with Gasteiger partial charge in [0.05, 0.1) is 5.60 Å². The van der Waals surface area contributed by atoms with E-state index in [9.17, 15) is 14.7 Å². The molecule has 0 radical (unpaired) electrons. The van der Waals surface area contributed by atoms with Crippen LogP contribution in [-0.4, -0.2) is 40.1 Å². The zero-order valence-corrected chi connectivity index (χ0v) is 16.8. The zero-order chi connectivity index (χ0) is 21.1. The Balaban J connectivity index is 1.41. The SMILES string of the molecule is O=C(O)CCc1ccc(C2(O)CCN(C(=O)c3ccc4ccccc4c3)CC2)cc1. The van der Waals surface area contributed by atoms with Crippen molar-refractivity contribution in [3.8, 4) is 0 Å². The van der Waals surface area contributed by atoms with E-state index >= 15 is 0 Å². The number of aryl methyl sites for hydroxylation is 1.